The van der Waals surface area contributed by atoms with E-state index in [9.17, 15) is 40.5 Å². The van der Waals surface area contributed by atoms with E-state index in [0.29, 0.717) is 31.1 Å². The lowest BCUT2D eigenvalue weighted by Crippen LogP contribution is -2.61. The number of fused-ring (bicyclic) bond motifs is 5. The minimum absolute atomic E-state index is 0.116. The van der Waals surface area contributed by atoms with Gasteiger partial charge in [-0.1, -0.05) is 41.5 Å². The van der Waals surface area contributed by atoms with Gasteiger partial charge in [-0.25, -0.2) is 0 Å². The number of carbonyl (C=O) groups is 1. The van der Waals surface area contributed by atoms with E-state index >= 15 is 0 Å². The monoisotopic (exact) mass is 626 g/mol. The van der Waals surface area contributed by atoms with Crippen LogP contribution in [0.15, 0.2) is 0 Å². The molecule has 4 aliphatic carbocycles. The van der Waals surface area contributed by atoms with Crippen molar-refractivity contribution in [3.8, 4) is 0 Å². The van der Waals surface area contributed by atoms with E-state index in [1.807, 2.05) is 20.8 Å². The molecule has 1 heterocycles. The molecule has 0 radical (unpaired) electrons. The molecular formula is C34H58O10. The summed E-state index contributed by atoms with van der Waals surface area (Å²) in [6.45, 7) is 12.0. The second kappa shape index (κ2) is 12.7. The molecule has 0 amide bonds. The lowest BCUT2D eigenvalue weighted by atomic mass is 9.44. The Hall–Kier alpha value is -0.690. The standard InChI is InChI=1S/C34H58O10/c1-15(2)16(3)27(39)31(44-32-30(42)29(41)28(40)26(14-35)43-32)17(4)19-7-8-20-18-11-23(36)22-12-24(37)25(38)13-34(22,6)21(18)9-10-33(19,20)5/h15-22,24-32,35,37-42H,7-14H2,1-6H3/t16-,17-,18-,19+,20-,21-,22+,24-,25+,26+,27+,28+,29-,30+,31+,32-,33+,34+/m0/s1. The molecule has 254 valence electrons. The van der Waals surface area contributed by atoms with Crippen LogP contribution in [0.25, 0.3) is 0 Å². The maximum Gasteiger partial charge on any atom is 0.187 e. The van der Waals surface area contributed by atoms with Crippen molar-refractivity contribution in [2.75, 3.05) is 6.61 Å². The molecular weight excluding hydrogens is 568 g/mol. The zero-order chi connectivity index (χ0) is 32.5. The van der Waals surface area contributed by atoms with E-state index in [1.165, 1.54) is 0 Å². The maximum absolute atomic E-state index is 13.6. The first kappa shape index (κ1) is 34.6. The van der Waals surface area contributed by atoms with Gasteiger partial charge in [0.05, 0.1) is 31.0 Å². The molecule has 0 aromatic rings. The molecule has 0 spiro atoms. The summed E-state index contributed by atoms with van der Waals surface area (Å²) in [6, 6.07) is 0. The van der Waals surface area contributed by atoms with Gasteiger partial charge < -0.3 is 45.2 Å². The molecule has 0 aromatic carbocycles. The van der Waals surface area contributed by atoms with Crippen LogP contribution < -0.4 is 0 Å². The molecule has 7 N–H and O–H groups in total. The lowest BCUT2D eigenvalue weighted by molar-refractivity contribution is -0.325. The van der Waals surface area contributed by atoms with E-state index in [1.54, 1.807) is 0 Å². The van der Waals surface area contributed by atoms with Gasteiger partial charge in [0.15, 0.2) is 6.29 Å². The number of hydrogen-bond acceptors (Lipinski definition) is 10. The summed E-state index contributed by atoms with van der Waals surface area (Å²) in [5, 5.41) is 74.1. The molecule has 10 nitrogen and oxygen atoms in total. The summed E-state index contributed by atoms with van der Waals surface area (Å²) in [6.07, 6.45) is -5.35. The van der Waals surface area contributed by atoms with Gasteiger partial charge in [-0.2, -0.15) is 0 Å². The molecule has 10 heteroatoms. The highest BCUT2D eigenvalue weighted by Gasteiger charge is 2.64. The topological polar surface area (TPSA) is 177 Å². The maximum atomic E-state index is 13.6. The fourth-order valence-electron chi connectivity index (χ4n) is 10.7. The van der Waals surface area contributed by atoms with E-state index < -0.39 is 61.7 Å². The molecule has 0 bridgehead atoms. The normalized spacial score (nSPS) is 50.4. The molecule has 5 rings (SSSR count). The molecule has 0 unspecified atom stereocenters. The van der Waals surface area contributed by atoms with Crippen LogP contribution in [0.1, 0.15) is 86.5 Å². The second-order valence-corrected chi connectivity index (χ2v) is 16.2. The largest absolute Gasteiger partial charge is 0.394 e. The van der Waals surface area contributed by atoms with Gasteiger partial charge in [0.2, 0.25) is 0 Å². The first-order valence-electron chi connectivity index (χ1n) is 17.1. The van der Waals surface area contributed by atoms with Crippen molar-refractivity contribution in [2.45, 2.75) is 142 Å². The number of ketones is 1. The third kappa shape index (κ3) is 5.62. The third-order valence-corrected chi connectivity index (χ3v) is 13.8. The number of aliphatic hydroxyl groups excluding tert-OH is 7. The molecule has 1 saturated heterocycles. The number of ether oxygens (including phenoxy) is 2. The average molecular weight is 627 g/mol. The van der Waals surface area contributed by atoms with Gasteiger partial charge in [-0.3, -0.25) is 4.79 Å². The van der Waals surface area contributed by atoms with Gasteiger partial charge in [-0.05, 0) is 90.8 Å². The van der Waals surface area contributed by atoms with Crippen LogP contribution in [0.4, 0.5) is 0 Å². The highest BCUT2D eigenvalue weighted by atomic mass is 16.7. The van der Waals surface area contributed by atoms with Crippen LogP contribution in [0.3, 0.4) is 0 Å². The minimum Gasteiger partial charge on any atom is -0.394 e. The smallest absolute Gasteiger partial charge is 0.187 e. The predicted molar refractivity (Wildman–Crippen MR) is 161 cm³/mol. The van der Waals surface area contributed by atoms with Crippen LogP contribution in [-0.2, 0) is 14.3 Å². The number of rotatable bonds is 8. The van der Waals surface area contributed by atoms with Gasteiger partial charge in [0.25, 0.3) is 0 Å². The van der Waals surface area contributed by atoms with Gasteiger partial charge in [-0.15, -0.1) is 0 Å². The number of hydrogen-bond donors (Lipinski definition) is 7. The van der Waals surface area contributed by atoms with Crippen molar-refractivity contribution < 1.29 is 50.0 Å². The molecule has 4 saturated carbocycles. The zero-order valence-electron chi connectivity index (χ0n) is 27.3. The Kier molecular flexibility index (Phi) is 10.0. The van der Waals surface area contributed by atoms with Crippen molar-refractivity contribution in [1.82, 2.24) is 0 Å². The highest BCUT2D eigenvalue weighted by molar-refractivity contribution is 5.83. The number of aliphatic hydroxyl groups is 7. The Bertz CT molecular complexity index is 1020. The van der Waals surface area contributed by atoms with Crippen molar-refractivity contribution in [1.29, 1.82) is 0 Å². The van der Waals surface area contributed by atoms with Crippen LogP contribution in [0, 0.1) is 58.2 Å². The van der Waals surface area contributed by atoms with Crippen molar-refractivity contribution in [2.24, 2.45) is 58.2 Å². The van der Waals surface area contributed by atoms with Crippen LogP contribution in [0.5, 0.6) is 0 Å². The Morgan fingerprint density at radius 3 is 2.20 bits per heavy atom. The van der Waals surface area contributed by atoms with Crippen LogP contribution in [0.2, 0.25) is 0 Å². The SMILES string of the molecule is CC(C)[C@H](C)[C@@H](O)[C@H](O[C@@H]1O[C@H](CO)[C@@H](O)[C@H](O)[C@H]1O)[C@@H](C)[C@H]1CC[C@H]2[C@@H]3CC(=O)[C@H]4C[C@H](O)[C@H](O)C[C@]4(C)[C@H]3CC[C@]12C. The first-order chi connectivity index (χ1) is 20.6. The molecule has 44 heavy (non-hydrogen) atoms. The van der Waals surface area contributed by atoms with Crippen LogP contribution >= 0.6 is 0 Å². The summed E-state index contributed by atoms with van der Waals surface area (Å²) in [7, 11) is 0. The number of Topliss-reactive ketones (excluding diaryl/α,β-unsaturated/α-hetero) is 1. The average Bonchev–Trinajstić information content (AvgIpc) is 3.33. The fourth-order valence-corrected chi connectivity index (χ4v) is 10.7. The molecule has 5 aliphatic rings. The summed E-state index contributed by atoms with van der Waals surface area (Å²) in [5.74, 6) is 0.777. The van der Waals surface area contributed by atoms with E-state index in [2.05, 4.69) is 20.8 Å². The van der Waals surface area contributed by atoms with E-state index in [-0.39, 0.29) is 52.1 Å². The third-order valence-electron chi connectivity index (χ3n) is 13.8. The lowest BCUT2D eigenvalue weighted by Gasteiger charge is -2.61. The van der Waals surface area contributed by atoms with Crippen LogP contribution in [-0.4, -0.2) is 103 Å². The minimum atomic E-state index is -1.57. The van der Waals surface area contributed by atoms with Crippen molar-refractivity contribution >= 4 is 5.78 Å². The summed E-state index contributed by atoms with van der Waals surface area (Å²) in [4.78, 5) is 13.6. The Labute approximate surface area is 262 Å². The van der Waals surface area contributed by atoms with E-state index in [4.69, 9.17) is 9.47 Å². The van der Waals surface area contributed by atoms with Gasteiger partial charge in [0.1, 0.15) is 30.2 Å². The van der Waals surface area contributed by atoms with E-state index in [0.717, 1.165) is 25.7 Å². The summed E-state index contributed by atoms with van der Waals surface area (Å²) < 4.78 is 12.1. The fraction of sp³-hybridized carbons (Fsp3) is 0.971. The first-order valence-corrected chi connectivity index (χ1v) is 17.1. The quantitative estimate of drug-likeness (QED) is 0.210. The molecule has 1 aliphatic heterocycles. The Balaban J connectivity index is 1.41. The predicted octanol–water partition coefficient (Wildman–Crippen LogP) is 1.63. The van der Waals surface area contributed by atoms with Crippen molar-refractivity contribution in [3.63, 3.8) is 0 Å². The Morgan fingerprint density at radius 2 is 1.57 bits per heavy atom. The molecule has 18 atom stereocenters. The van der Waals surface area contributed by atoms with Gasteiger partial charge >= 0.3 is 0 Å². The van der Waals surface area contributed by atoms with Crippen molar-refractivity contribution in [3.05, 3.63) is 0 Å². The second-order valence-electron chi connectivity index (χ2n) is 16.2. The summed E-state index contributed by atoms with van der Waals surface area (Å²) >= 11 is 0. The molecule has 0 aromatic heterocycles. The Morgan fingerprint density at radius 1 is 0.909 bits per heavy atom. The number of carbonyl (C=O) groups excluding carboxylic acids is 1. The zero-order valence-corrected chi connectivity index (χ0v) is 27.3. The molecule has 5 fully saturated rings. The van der Waals surface area contributed by atoms with Gasteiger partial charge in [0, 0.05) is 12.3 Å². The summed E-state index contributed by atoms with van der Waals surface area (Å²) in [5.41, 5.74) is -0.448. The highest BCUT2D eigenvalue weighted by Crippen LogP contribution is 2.68.